The maximum absolute atomic E-state index is 12.9. The Labute approximate surface area is 155 Å². The smallest absolute Gasteiger partial charge is 0.262 e. The first kappa shape index (κ1) is 17.5. The fourth-order valence-electron chi connectivity index (χ4n) is 3.34. The molecule has 3 aromatic rings. The molecule has 0 radical (unpaired) electrons. The summed E-state index contributed by atoms with van der Waals surface area (Å²) in [5.41, 5.74) is 0.808. The van der Waals surface area contributed by atoms with Crippen molar-refractivity contribution in [1.82, 2.24) is 19.2 Å². The lowest BCUT2D eigenvalue weighted by Crippen LogP contribution is -2.24. The van der Waals surface area contributed by atoms with E-state index >= 15 is 0 Å². The van der Waals surface area contributed by atoms with Gasteiger partial charge in [-0.15, -0.1) is 10.2 Å². The summed E-state index contributed by atoms with van der Waals surface area (Å²) in [5, 5.41) is 10.2. The second-order valence-electron chi connectivity index (χ2n) is 6.38. The van der Waals surface area contributed by atoms with Crippen LogP contribution in [-0.4, -0.2) is 51.3 Å². The van der Waals surface area contributed by atoms with E-state index in [1.807, 2.05) is 28.7 Å². The van der Waals surface area contributed by atoms with Gasteiger partial charge < -0.3 is 9.47 Å². The molecule has 1 aliphatic rings. The maximum Gasteiger partial charge on any atom is 0.262 e. The van der Waals surface area contributed by atoms with E-state index in [4.69, 9.17) is 9.47 Å². The van der Waals surface area contributed by atoms with Gasteiger partial charge in [0.2, 0.25) is 5.78 Å². The van der Waals surface area contributed by atoms with Gasteiger partial charge in [-0.05, 0) is 31.4 Å². The summed E-state index contributed by atoms with van der Waals surface area (Å²) in [5.74, 6) is 1.43. The molecule has 1 atom stereocenters. The van der Waals surface area contributed by atoms with Crippen molar-refractivity contribution >= 4 is 28.4 Å². The first-order chi connectivity index (χ1) is 12.8. The van der Waals surface area contributed by atoms with Gasteiger partial charge in [0, 0.05) is 32.6 Å². The van der Waals surface area contributed by atoms with E-state index in [1.54, 1.807) is 23.4 Å². The van der Waals surface area contributed by atoms with E-state index < -0.39 is 0 Å². The number of para-hydroxylation sites is 1. The second-order valence-corrected chi connectivity index (χ2v) is 7.37. The van der Waals surface area contributed by atoms with Crippen LogP contribution in [-0.2, 0) is 16.0 Å². The fourth-order valence-corrected chi connectivity index (χ4v) is 4.34. The molecule has 3 heterocycles. The quantitative estimate of drug-likeness (QED) is 0.467. The van der Waals surface area contributed by atoms with Crippen LogP contribution in [0.25, 0.3) is 16.7 Å². The minimum absolute atomic E-state index is 0.0349. The molecular weight excluding hydrogens is 352 g/mol. The van der Waals surface area contributed by atoms with Crippen LogP contribution in [0.4, 0.5) is 0 Å². The number of fused-ring (bicyclic) bond motifs is 3. The summed E-state index contributed by atoms with van der Waals surface area (Å²) in [6.07, 6.45) is 3.22. The highest BCUT2D eigenvalue weighted by Crippen LogP contribution is 2.25. The normalized spacial score (nSPS) is 17.5. The number of benzene rings is 1. The van der Waals surface area contributed by atoms with Crippen LogP contribution in [0.5, 0.6) is 0 Å². The molecule has 8 heteroatoms. The van der Waals surface area contributed by atoms with Gasteiger partial charge >= 0.3 is 0 Å². The highest BCUT2D eigenvalue weighted by atomic mass is 32.2. The van der Waals surface area contributed by atoms with E-state index in [0.29, 0.717) is 24.3 Å². The lowest BCUT2D eigenvalue weighted by Gasteiger charge is -2.12. The van der Waals surface area contributed by atoms with Gasteiger partial charge in [0.1, 0.15) is 0 Å². The Morgan fingerprint density at radius 1 is 1.35 bits per heavy atom. The third kappa shape index (κ3) is 3.24. The minimum atomic E-state index is -0.0349. The molecule has 1 aliphatic heterocycles. The Balaban J connectivity index is 1.78. The highest BCUT2D eigenvalue weighted by Gasteiger charge is 2.20. The number of hydrogen-bond acceptors (Lipinski definition) is 6. The summed E-state index contributed by atoms with van der Waals surface area (Å²) in [7, 11) is 1.66. The number of aromatic nitrogens is 4. The van der Waals surface area contributed by atoms with Crippen molar-refractivity contribution in [1.29, 1.82) is 0 Å². The van der Waals surface area contributed by atoms with Gasteiger partial charge in [0.15, 0.2) is 5.16 Å². The van der Waals surface area contributed by atoms with Crippen LogP contribution in [0.2, 0.25) is 0 Å². The van der Waals surface area contributed by atoms with Gasteiger partial charge in [-0.25, -0.2) is 0 Å². The van der Waals surface area contributed by atoms with Crippen LogP contribution >= 0.6 is 11.8 Å². The van der Waals surface area contributed by atoms with Gasteiger partial charge in [0.25, 0.3) is 5.56 Å². The topological polar surface area (TPSA) is 70.7 Å². The van der Waals surface area contributed by atoms with Gasteiger partial charge in [-0.3, -0.25) is 13.8 Å². The van der Waals surface area contributed by atoms with Crippen LogP contribution in [0, 0.1) is 0 Å². The molecule has 138 valence electrons. The summed E-state index contributed by atoms with van der Waals surface area (Å²) in [6.45, 7) is 1.99. The molecule has 0 bridgehead atoms. The minimum Gasteiger partial charge on any atom is -0.385 e. The fraction of sp³-hybridized carbons (Fsp3) is 0.500. The number of thioether (sulfide) groups is 1. The largest absolute Gasteiger partial charge is 0.385 e. The lowest BCUT2D eigenvalue weighted by molar-refractivity contribution is 0.129. The van der Waals surface area contributed by atoms with Crippen molar-refractivity contribution in [2.24, 2.45) is 0 Å². The van der Waals surface area contributed by atoms with Crippen LogP contribution < -0.4 is 5.56 Å². The first-order valence-corrected chi connectivity index (χ1v) is 9.88. The Kier molecular flexibility index (Phi) is 5.23. The number of hydrogen-bond donors (Lipinski definition) is 0. The first-order valence-electron chi connectivity index (χ1n) is 8.89. The molecule has 0 N–H and O–H groups in total. The van der Waals surface area contributed by atoms with E-state index in [-0.39, 0.29) is 11.7 Å². The maximum atomic E-state index is 12.9. The predicted octanol–water partition coefficient (Wildman–Crippen LogP) is 2.35. The number of nitrogens with zero attached hydrogens (tertiary/aromatic N) is 4. The molecule has 0 spiro atoms. The van der Waals surface area contributed by atoms with Crippen molar-refractivity contribution < 1.29 is 9.47 Å². The Morgan fingerprint density at radius 3 is 3.04 bits per heavy atom. The lowest BCUT2D eigenvalue weighted by atomic mass is 10.2. The van der Waals surface area contributed by atoms with Crippen LogP contribution in [0.3, 0.4) is 0 Å². The number of methoxy groups -OCH3 is 1. The summed E-state index contributed by atoms with van der Waals surface area (Å²) >= 11 is 1.64. The predicted molar refractivity (Wildman–Crippen MR) is 101 cm³/mol. The van der Waals surface area contributed by atoms with E-state index in [9.17, 15) is 4.79 Å². The summed E-state index contributed by atoms with van der Waals surface area (Å²) in [6, 6.07) is 7.63. The zero-order valence-corrected chi connectivity index (χ0v) is 15.6. The second kappa shape index (κ2) is 7.77. The highest BCUT2D eigenvalue weighted by molar-refractivity contribution is 7.99. The molecule has 26 heavy (non-hydrogen) atoms. The Bertz CT molecular complexity index is 962. The average molecular weight is 374 g/mol. The molecule has 1 unspecified atom stereocenters. The number of ether oxygens (including phenoxy) is 2. The molecule has 0 saturated carbocycles. The Hall–Kier alpha value is -1.90. The summed E-state index contributed by atoms with van der Waals surface area (Å²) in [4.78, 5) is 12.9. The van der Waals surface area contributed by atoms with Crippen molar-refractivity contribution in [2.45, 2.75) is 37.1 Å². The molecule has 0 aliphatic carbocycles. The number of aryl methyl sites for hydroxylation is 1. The van der Waals surface area contributed by atoms with Crippen molar-refractivity contribution in [3.05, 3.63) is 34.6 Å². The third-order valence-electron chi connectivity index (χ3n) is 4.63. The van der Waals surface area contributed by atoms with Crippen molar-refractivity contribution in [3.8, 4) is 0 Å². The zero-order valence-electron chi connectivity index (χ0n) is 14.8. The Morgan fingerprint density at radius 2 is 2.23 bits per heavy atom. The monoisotopic (exact) mass is 374 g/mol. The summed E-state index contributed by atoms with van der Waals surface area (Å²) < 4.78 is 14.5. The molecule has 1 aromatic carbocycles. The van der Waals surface area contributed by atoms with Gasteiger partial charge in [0.05, 0.1) is 17.0 Å². The van der Waals surface area contributed by atoms with Gasteiger partial charge in [-0.2, -0.15) is 0 Å². The molecule has 1 fully saturated rings. The van der Waals surface area contributed by atoms with E-state index in [1.165, 1.54) is 0 Å². The molecule has 4 rings (SSSR count). The van der Waals surface area contributed by atoms with E-state index in [2.05, 4.69) is 10.2 Å². The van der Waals surface area contributed by atoms with Crippen molar-refractivity contribution in [3.63, 3.8) is 0 Å². The van der Waals surface area contributed by atoms with Crippen molar-refractivity contribution in [2.75, 3.05) is 26.1 Å². The average Bonchev–Trinajstić information content (AvgIpc) is 3.32. The van der Waals surface area contributed by atoms with E-state index in [0.717, 1.165) is 42.3 Å². The molecular formula is C18H22N4O3S. The zero-order chi connectivity index (χ0) is 17.9. The molecule has 0 amide bonds. The standard InChI is InChI=1S/C18H22N4O3S/c1-24-10-5-9-21-16(23)14-7-2-3-8-15(14)22-17(21)19-20-18(22)26-12-13-6-4-11-25-13/h2-3,7-8,13H,4-6,9-12H2,1H3. The van der Waals surface area contributed by atoms with Crippen LogP contribution in [0.1, 0.15) is 19.3 Å². The number of rotatable bonds is 7. The van der Waals surface area contributed by atoms with Crippen LogP contribution in [0.15, 0.2) is 34.2 Å². The van der Waals surface area contributed by atoms with Gasteiger partial charge in [-0.1, -0.05) is 23.9 Å². The molecule has 2 aromatic heterocycles. The third-order valence-corrected chi connectivity index (χ3v) is 5.69. The molecule has 1 saturated heterocycles. The SMILES string of the molecule is COCCCn1c(=O)c2ccccc2n2c(SCC3CCCO3)nnc12. The molecule has 7 nitrogen and oxygen atoms in total.